The summed E-state index contributed by atoms with van der Waals surface area (Å²) in [5, 5.41) is 23.0. The van der Waals surface area contributed by atoms with Gasteiger partial charge in [-0.3, -0.25) is 0 Å². The van der Waals surface area contributed by atoms with E-state index in [1.54, 1.807) is 0 Å². The Morgan fingerprint density at radius 1 is 0.263 bits per heavy atom. The van der Waals surface area contributed by atoms with Gasteiger partial charge in [0.25, 0.3) is 0 Å². The van der Waals surface area contributed by atoms with Crippen molar-refractivity contribution in [1.29, 1.82) is 0 Å². The number of furan rings is 4. The number of hydrogen-bond donors (Lipinski definition) is 0. The summed E-state index contributed by atoms with van der Waals surface area (Å²) in [6, 6.07) is 139. The second-order valence-corrected chi connectivity index (χ2v) is 40.6. The number of aryl methyl sites for hydroxylation is 4. The van der Waals surface area contributed by atoms with Crippen LogP contribution in [0.25, 0.3) is 197 Å². The molecule has 0 N–H and O–H groups in total. The van der Waals surface area contributed by atoms with Gasteiger partial charge in [0.05, 0.1) is 11.4 Å². The maximum atomic E-state index is 7.14. The van der Waals surface area contributed by atoms with Crippen molar-refractivity contribution >= 4 is 187 Å². The quantitative estimate of drug-likeness (QED) is 0.134. The zero-order valence-corrected chi connectivity index (χ0v) is 78.4. The molecule has 5 heterocycles. The van der Waals surface area contributed by atoms with Crippen LogP contribution in [0.4, 0.5) is 34.1 Å². The third-order valence-corrected chi connectivity index (χ3v) is 31.0. The fourth-order valence-electron chi connectivity index (χ4n) is 24.5. The van der Waals surface area contributed by atoms with Crippen LogP contribution in [0.1, 0.15) is 121 Å². The zero-order valence-electron chi connectivity index (χ0n) is 78.4. The number of benzene rings is 22. The molecule has 2 aliphatic rings. The van der Waals surface area contributed by atoms with E-state index in [0.717, 1.165) is 149 Å². The minimum Gasteiger partial charge on any atom is -0.455 e. The van der Waals surface area contributed by atoms with Crippen molar-refractivity contribution in [2.24, 2.45) is 0 Å². The van der Waals surface area contributed by atoms with Crippen LogP contribution >= 0.6 is 0 Å². The van der Waals surface area contributed by atoms with Gasteiger partial charge in [-0.15, -0.1) is 0 Å². The Kier molecular flexibility index (Phi) is 17.4. The smallest absolute Gasteiger partial charge is 0.143 e. The first kappa shape index (κ1) is 80.4. The number of rotatable bonds is 9. The molecule has 4 aromatic heterocycles. The molecule has 0 amide bonds. The van der Waals surface area contributed by atoms with Crippen LogP contribution in [0, 0.1) is 27.7 Å². The van der Waals surface area contributed by atoms with Gasteiger partial charge in [0.2, 0.25) is 0 Å². The average Bonchev–Trinajstić information content (AvgIpc) is 1.60. The van der Waals surface area contributed by atoms with Crippen molar-refractivity contribution in [3.8, 4) is 44.5 Å². The molecular weight excluding hydrogens is 1670 g/mol. The molecular formula is C131H96N2O4. The van der Waals surface area contributed by atoms with Gasteiger partial charge >= 0.3 is 0 Å². The fourth-order valence-corrected chi connectivity index (χ4v) is 24.5. The summed E-state index contributed by atoms with van der Waals surface area (Å²) in [5.41, 5.74) is 39.1. The van der Waals surface area contributed by atoms with Gasteiger partial charge in [0.1, 0.15) is 44.7 Å². The van der Waals surface area contributed by atoms with Crippen molar-refractivity contribution in [3.05, 3.63) is 443 Å². The maximum absolute atomic E-state index is 7.14. The zero-order chi connectivity index (χ0) is 92.1. The van der Waals surface area contributed by atoms with Crippen LogP contribution in [-0.4, -0.2) is 0 Å². The standard InChI is InChI=1S/C71H49NO2.C60H47NO2/c1-70(2)57-21-9-5-19-47(57)65(48-20-6-10-22-58(48)70)43-31-29-41(30-32-43)49-37-55-67-52(40-54-46-18-8-16-28-64(46)73-68(54)55)50(38-56-66(67)51(49)39-53-45-17-7-15-27-63(45)74-69(53)56)42-33-35-44(36-34-42)72-61-25-13-11-23-59(61)71(3,4)60-24-12-14-26-62(60)72;1-34-16-14-17-35(2)54(34)44-33-51-57-47(31-49-43-29-41(25-27-53(43)63-59(49)51)61(39-20-10-8-11-21-39)40-22-12-9-13-23-40)45(55-36(3)18-15-19-37(55)4)32-50-56(57)46(44)30-48-42-28-38(60(5,6)7)24-26-52(42)62-58(48)50/h5-40,65H,1-4H3;8-33H,1-7H3. The Morgan fingerprint density at radius 3 is 1.06 bits per heavy atom. The predicted octanol–water partition coefficient (Wildman–Crippen LogP) is 37.4. The predicted molar refractivity (Wildman–Crippen MR) is 576 cm³/mol. The molecule has 0 unspecified atom stereocenters. The van der Waals surface area contributed by atoms with E-state index in [-0.39, 0.29) is 22.2 Å². The molecule has 0 fully saturated rings. The van der Waals surface area contributed by atoms with E-state index < -0.39 is 0 Å². The molecule has 1 aliphatic carbocycles. The summed E-state index contributed by atoms with van der Waals surface area (Å²) in [7, 11) is 0. The second kappa shape index (κ2) is 29.6. The lowest BCUT2D eigenvalue weighted by molar-refractivity contribution is 0.590. The lowest BCUT2D eigenvalue weighted by Crippen LogP contribution is -2.30. The summed E-state index contributed by atoms with van der Waals surface area (Å²) in [4.78, 5) is 4.76. The van der Waals surface area contributed by atoms with E-state index in [4.69, 9.17) is 17.7 Å². The Morgan fingerprint density at radius 2 is 0.613 bits per heavy atom. The van der Waals surface area contributed by atoms with Crippen LogP contribution in [0.2, 0.25) is 0 Å². The Hall–Kier alpha value is -16.3. The van der Waals surface area contributed by atoms with Crippen molar-refractivity contribution < 1.29 is 17.7 Å². The average molecular weight is 1760 g/mol. The first-order valence-electron chi connectivity index (χ1n) is 48.1. The van der Waals surface area contributed by atoms with E-state index in [2.05, 4.69) is 462 Å². The van der Waals surface area contributed by atoms with Gasteiger partial charge in [-0.2, -0.15) is 0 Å². The van der Waals surface area contributed by atoms with Gasteiger partial charge in [0.15, 0.2) is 0 Å². The third-order valence-electron chi connectivity index (χ3n) is 31.0. The molecule has 6 heteroatoms. The molecule has 0 radical (unpaired) electrons. The van der Waals surface area contributed by atoms with E-state index >= 15 is 0 Å². The summed E-state index contributed by atoms with van der Waals surface area (Å²) in [6.07, 6.45) is 0. The summed E-state index contributed by atoms with van der Waals surface area (Å²) >= 11 is 0. The van der Waals surface area contributed by atoms with Crippen LogP contribution in [0.15, 0.2) is 394 Å². The Bertz CT molecular complexity index is 9090. The van der Waals surface area contributed by atoms with Crippen LogP contribution < -0.4 is 9.80 Å². The SMILES string of the molecule is CC1(C)c2ccccc2C(c2ccc(-c3cc4c5oc6ccccc6c5cc5c(-c6ccc(N7c8ccccc8C(C)(C)c8ccccc87)cc6)cc6c7oc8ccccc8c7cc3c6c54)cc2)c2ccccc21.Cc1cccc(C)c1-c1cc2c3oc4ccc(C(C)(C)C)cc4c3cc3c(-c4c(C)cccc4C)cc4c5oc6ccc(N(c7ccccc7)c7ccccc7)cc6c5cc1c4c32. The molecule has 22 aromatic carbocycles. The van der Waals surface area contributed by atoms with Crippen LogP contribution in [-0.2, 0) is 16.2 Å². The van der Waals surface area contributed by atoms with Gasteiger partial charge in [-0.25, -0.2) is 0 Å². The van der Waals surface area contributed by atoms with Crippen molar-refractivity contribution in [1.82, 2.24) is 0 Å². The molecule has 0 spiro atoms. The van der Waals surface area contributed by atoms with Gasteiger partial charge in [-0.1, -0.05) is 285 Å². The minimum absolute atomic E-state index is 0.00698. The van der Waals surface area contributed by atoms with E-state index in [9.17, 15) is 0 Å². The Labute approximate surface area is 794 Å². The normalized spacial score (nSPS) is 13.7. The molecule has 0 saturated carbocycles. The number of anilines is 6. The number of fused-ring (bicyclic) bond motifs is 20. The van der Waals surface area contributed by atoms with Gasteiger partial charge in [-0.05, 0) is 305 Å². The highest BCUT2D eigenvalue weighted by Gasteiger charge is 2.40. The van der Waals surface area contributed by atoms with E-state index in [1.807, 2.05) is 0 Å². The highest BCUT2D eigenvalue weighted by Crippen LogP contribution is 2.59. The topological polar surface area (TPSA) is 59.0 Å². The summed E-state index contributed by atoms with van der Waals surface area (Å²) in [6.45, 7) is 25.2. The molecule has 28 rings (SSSR count). The fraction of sp³-hybridized carbons (Fsp3) is 0.115. The summed E-state index contributed by atoms with van der Waals surface area (Å²) < 4.78 is 28.2. The monoisotopic (exact) mass is 1760 g/mol. The Balaban J connectivity index is 0.000000140. The molecule has 1 aliphatic heterocycles. The van der Waals surface area contributed by atoms with Crippen LogP contribution in [0.3, 0.4) is 0 Å². The number of hydrogen-bond acceptors (Lipinski definition) is 6. The molecule has 654 valence electrons. The highest BCUT2D eigenvalue weighted by molar-refractivity contribution is 6.41. The molecule has 137 heavy (non-hydrogen) atoms. The molecule has 6 nitrogen and oxygen atoms in total. The van der Waals surface area contributed by atoms with Crippen molar-refractivity contribution in [3.63, 3.8) is 0 Å². The second-order valence-electron chi connectivity index (χ2n) is 40.6. The van der Waals surface area contributed by atoms with E-state index in [0.29, 0.717) is 0 Å². The lowest BCUT2D eigenvalue weighted by Gasteiger charge is -2.42. The van der Waals surface area contributed by atoms with E-state index in [1.165, 1.54) is 149 Å². The first-order chi connectivity index (χ1) is 66.7. The first-order valence-corrected chi connectivity index (χ1v) is 48.1. The largest absolute Gasteiger partial charge is 0.455 e. The van der Waals surface area contributed by atoms with Crippen LogP contribution in [0.5, 0.6) is 0 Å². The molecule has 0 saturated heterocycles. The van der Waals surface area contributed by atoms with Gasteiger partial charge in [0, 0.05) is 126 Å². The minimum atomic E-state index is -0.135. The maximum Gasteiger partial charge on any atom is 0.143 e. The van der Waals surface area contributed by atoms with Gasteiger partial charge < -0.3 is 27.5 Å². The molecule has 0 atom stereocenters. The number of para-hydroxylation sites is 6. The van der Waals surface area contributed by atoms with Crippen molar-refractivity contribution in [2.75, 3.05) is 9.80 Å². The molecule has 0 bridgehead atoms. The highest BCUT2D eigenvalue weighted by atomic mass is 16.3. The van der Waals surface area contributed by atoms with Crippen molar-refractivity contribution in [2.45, 2.75) is 98.3 Å². The number of nitrogens with zero attached hydrogens (tertiary/aromatic N) is 2. The summed E-state index contributed by atoms with van der Waals surface area (Å²) in [5.74, 6) is 0.126. The molecule has 26 aromatic rings. The third kappa shape index (κ3) is 11.9. The lowest BCUT2D eigenvalue weighted by atomic mass is 9.64.